The number of carbonyl (C=O) groups is 1. The Kier molecular flexibility index (Phi) is 6.14. The van der Waals surface area contributed by atoms with Gasteiger partial charge in [0.1, 0.15) is 0 Å². The maximum Gasteiger partial charge on any atom is 0.280 e. The molecule has 0 saturated heterocycles. The normalized spacial score (nSPS) is 9.55. The standard InChI is InChI=1S/C8H11NO2/c1-2-3-4-5-6-8(11)9-7-10/h5-6H,2-4H2,1H3. The molecule has 0 aromatic carbocycles. The van der Waals surface area contributed by atoms with Crippen LogP contribution in [0.4, 0.5) is 0 Å². The minimum absolute atomic E-state index is 0.531. The topological polar surface area (TPSA) is 46.5 Å². The fourth-order valence-corrected chi connectivity index (χ4v) is 0.588. The van der Waals surface area contributed by atoms with Crippen LogP contribution in [0.1, 0.15) is 26.2 Å². The molecule has 0 aliphatic heterocycles. The van der Waals surface area contributed by atoms with Gasteiger partial charge in [0, 0.05) is 6.08 Å². The molecule has 0 aromatic rings. The molecular formula is C8H11NO2. The minimum Gasteiger partial charge on any atom is -0.267 e. The lowest BCUT2D eigenvalue weighted by Gasteiger charge is -1.85. The molecule has 0 heterocycles. The zero-order chi connectivity index (χ0) is 8.53. The summed E-state index contributed by atoms with van der Waals surface area (Å²) in [5, 5.41) is 0. The summed E-state index contributed by atoms with van der Waals surface area (Å²) >= 11 is 0. The second kappa shape index (κ2) is 6.90. The Balaban J connectivity index is 3.56. The SMILES string of the molecule is CCCCC=CC(=O)N=C=O. The number of amides is 1. The van der Waals surface area contributed by atoms with Crippen molar-refractivity contribution in [3.63, 3.8) is 0 Å². The van der Waals surface area contributed by atoms with E-state index in [-0.39, 0.29) is 0 Å². The van der Waals surface area contributed by atoms with Gasteiger partial charge in [0.2, 0.25) is 6.08 Å². The molecule has 0 N–H and O–H groups in total. The van der Waals surface area contributed by atoms with Crippen LogP contribution in [-0.4, -0.2) is 12.0 Å². The highest BCUT2D eigenvalue weighted by Gasteiger charge is 1.87. The van der Waals surface area contributed by atoms with Gasteiger partial charge >= 0.3 is 0 Å². The number of unbranched alkanes of at least 4 members (excludes halogenated alkanes) is 2. The van der Waals surface area contributed by atoms with Crippen molar-refractivity contribution in [2.75, 3.05) is 0 Å². The Morgan fingerprint density at radius 3 is 2.91 bits per heavy atom. The molecule has 0 aliphatic carbocycles. The first kappa shape index (κ1) is 9.79. The van der Waals surface area contributed by atoms with Crippen LogP contribution in [0.15, 0.2) is 17.1 Å². The van der Waals surface area contributed by atoms with Gasteiger partial charge in [-0.05, 0) is 6.42 Å². The Morgan fingerprint density at radius 1 is 1.64 bits per heavy atom. The van der Waals surface area contributed by atoms with E-state index in [1.807, 2.05) is 0 Å². The smallest absolute Gasteiger partial charge is 0.267 e. The highest BCUT2D eigenvalue weighted by molar-refractivity contribution is 5.91. The number of hydrogen-bond acceptors (Lipinski definition) is 2. The largest absolute Gasteiger partial charge is 0.280 e. The van der Waals surface area contributed by atoms with Crippen LogP contribution in [0.2, 0.25) is 0 Å². The van der Waals surface area contributed by atoms with Crippen molar-refractivity contribution in [2.24, 2.45) is 4.99 Å². The van der Waals surface area contributed by atoms with Gasteiger partial charge in [-0.3, -0.25) is 4.79 Å². The van der Waals surface area contributed by atoms with Crippen molar-refractivity contribution in [1.82, 2.24) is 0 Å². The minimum atomic E-state index is -0.531. The van der Waals surface area contributed by atoms with Gasteiger partial charge in [0.05, 0.1) is 0 Å². The summed E-state index contributed by atoms with van der Waals surface area (Å²) in [5.41, 5.74) is 0. The molecule has 3 heteroatoms. The molecule has 1 amide bonds. The summed E-state index contributed by atoms with van der Waals surface area (Å²) in [6, 6.07) is 0. The van der Waals surface area contributed by atoms with E-state index in [0.29, 0.717) is 0 Å². The molecule has 0 aliphatic rings. The van der Waals surface area contributed by atoms with Gasteiger partial charge in [-0.15, -0.1) is 4.99 Å². The fraction of sp³-hybridized carbons (Fsp3) is 0.500. The van der Waals surface area contributed by atoms with Crippen LogP contribution >= 0.6 is 0 Å². The molecule has 0 bridgehead atoms. The van der Waals surface area contributed by atoms with E-state index < -0.39 is 5.91 Å². The maximum absolute atomic E-state index is 10.5. The predicted octanol–water partition coefficient (Wildman–Crippen LogP) is 1.60. The number of aliphatic imine (C=N–C) groups is 1. The summed E-state index contributed by atoms with van der Waals surface area (Å²) in [6.07, 6.45) is 7.19. The van der Waals surface area contributed by atoms with Gasteiger partial charge in [0.15, 0.2) is 0 Å². The third-order valence-electron chi connectivity index (χ3n) is 1.14. The summed E-state index contributed by atoms with van der Waals surface area (Å²) in [7, 11) is 0. The second-order valence-corrected chi connectivity index (χ2v) is 2.09. The van der Waals surface area contributed by atoms with E-state index in [0.717, 1.165) is 19.3 Å². The van der Waals surface area contributed by atoms with Gasteiger partial charge in [0.25, 0.3) is 5.91 Å². The van der Waals surface area contributed by atoms with Crippen molar-refractivity contribution in [1.29, 1.82) is 0 Å². The van der Waals surface area contributed by atoms with Gasteiger partial charge in [-0.25, -0.2) is 4.79 Å². The zero-order valence-electron chi connectivity index (χ0n) is 6.54. The van der Waals surface area contributed by atoms with E-state index >= 15 is 0 Å². The third-order valence-corrected chi connectivity index (χ3v) is 1.14. The Hall–Kier alpha value is -1.21. The van der Waals surface area contributed by atoms with Crippen molar-refractivity contribution >= 4 is 12.0 Å². The molecule has 0 spiro atoms. The second-order valence-electron chi connectivity index (χ2n) is 2.09. The molecule has 0 fully saturated rings. The summed E-state index contributed by atoms with van der Waals surface area (Å²) in [5.74, 6) is -0.531. The lowest BCUT2D eigenvalue weighted by Crippen LogP contribution is -1.83. The van der Waals surface area contributed by atoms with Crippen molar-refractivity contribution in [3.8, 4) is 0 Å². The number of allylic oxidation sites excluding steroid dienone is 1. The van der Waals surface area contributed by atoms with Crippen LogP contribution < -0.4 is 0 Å². The van der Waals surface area contributed by atoms with E-state index in [1.165, 1.54) is 12.2 Å². The van der Waals surface area contributed by atoms with Gasteiger partial charge in [-0.2, -0.15) is 0 Å². The molecule has 0 aromatic heterocycles. The molecule has 0 saturated carbocycles. The average Bonchev–Trinajstić information content (AvgIpc) is 1.99. The van der Waals surface area contributed by atoms with E-state index in [4.69, 9.17) is 0 Å². The number of rotatable bonds is 4. The monoisotopic (exact) mass is 153 g/mol. The quantitative estimate of drug-likeness (QED) is 0.266. The van der Waals surface area contributed by atoms with Crippen LogP contribution in [0.5, 0.6) is 0 Å². The number of isocyanates is 1. The number of nitrogens with zero attached hydrogens (tertiary/aromatic N) is 1. The van der Waals surface area contributed by atoms with Crippen LogP contribution in [0.25, 0.3) is 0 Å². The van der Waals surface area contributed by atoms with Crippen molar-refractivity contribution in [3.05, 3.63) is 12.2 Å². The molecular weight excluding hydrogens is 142 g/mol. The number of carbonyl (C=O) groups excluding carboxylic acids is 2. The Morgan fingerprint density at radius 2 is 2.36 bits per heavy atom. The van der Waals surface area contributed by atoms with Crippen LogP contribution in [-0.2, 0) is 9.59 Å². The van der Waals surface area contributed by atoms with Crippen LogP contribution in [0, 0.1) is 0 Å². The third kappa shape index (κ3) is 6.68. The highest BCUT2D eigenvalue weighted by Crippen LogP contribution is 1.94. The Labute approximate surface area is 65.8 Å². The number of hydrogen-bond donors (Lipinski definition) is 0. The molecule has 0 rings (SSSR count). The lowest BCUT2D eigenvalue weighted by molar-refractivity contribution is -0.113. The molecule has 60 valence electrons. The first-order chi connectivity index (χ1) is 5.31. The van der Waals surface area contributed by atoms with Gasteiger partial charge in [-0.1, -0.05) is 25.8 Å². The molecule has 0 unspecified atom stereocenters. The summed E-state index contributed by atoms with van der Waals surface area (Å²) in [4.78, 5) is 22.9. The van der Waals surface area contributed by atoms with E-state index in [9.17, 15) is 9.59 Å². The highest BCUT2D eigenvalue weighted by atomic mass is 16.2. The molecule has 11 heavy (non-hydrogen) atoms. The maximum atomic E-state index is 10.5. The zero-order valence-corrected chi connectivity index (χ0v) is 6.54. The van der Waals surface area contributed by atoms with Gasteiger partial charge < -0.3 is 0 Å². The summed E-state index contributed by atoms with van der Waals surface area (Å²) < 4.78 is 0. The van der Waals surface area contributed by atoms with Crippen molar-refractivity contribution in [2.45, 2.75) is 26.2 Å². The molecule has 0 atom stereocenters. The van der Waals surface area contributed by atoms with Crippen LogP contribution in [0.3, 0.4) is 0 Å². The molecule has 0 radical (unpaired) electrons. The van der Waals surface area contributed by atoms with E-state index in [2.05, 4.69) is 11.9 Å². The molecule has 3 nitrogen and oxygen atoms in total. The predicted molar refractivity (Wildman–Crippen MR) is 41.8 cm³/mol. The fourth-order valence-electron chi connectivity index (χ4n) is 0.588. The van der Waals surface area contributed by atoms with E-state index in [1.54, 1.807) is 6.08 Å². The lowest BCUT2D eigenvalue weighted by atomic mass is 10.2. The first-order valence-corrected chi connectivity index (χ1v) is 3.59. The first-order valence-electron chi connectivity index (χ1n) is 3.59. The summed E-state index contributed by atoms with van der Waals surface area (Å²) in [6.45, 7) is 2.07. The van der Waals surface area contributed by atoms with Crippen molar-refractivity contribution < 1.29 is 9.59 Å². The average molecular weight is 153 g/mol. The Bertz CT molecular complexity index is 190.